The monoisotopic (exact) mass is 242 g/mol. The minimum Gasteiger partial charge on any atom is -0.481 e. The summed E-state index contributed by atoms with van der Waals surface area (Å²) in [5, 5.41) is 11.5. The van der Waals surface area contributed by atoms with E-state index in [1.165, 1.54) is 0 Å². The van der Waals surface area contributed by atoms with Gasteiger partial charge in [0.15, 0.2) is 0 Å². The summed E-state index contributed by atoms with van der Waals surface area (Å²) >= 11 is 0. The maximum Gasteiger partial charge on any atom is 0.303 e. The van der Waals surface area contributed by atoms with E-state index in [1.807, 2.05) is 14.0 Å². The highest BCUT2D eigenvalue weighted by Gasteiger charge is 2.26. The fourth-order valence-electron chi connectivity index (χ4n) is 2.14. The normalized spacial score (nSPS) is 22.4. The van der Waals surface area contributed by atoms with Crippen molar-refractivity contribution in [2.45, 2.75) is 38.6 Å². The van der Waals surface area contributed by atoms with Crippen LogP contribution in [0.4, 0.5) is 0 Å². The van der Waals surface area contributed by atoms with E-state index in [0.29, 0.717) is 6.42 Å². The largest absolute Gasteiger partial charge is 0.481 e. The first-order chi connectivity index (χ1) is 7.99. The Labute approximate surface area is 102 Å². The summed E-state index contributed by atoms with van der Waals surface area (Å²) in [6.07, 6.45) is 2.43. The molecule has 1 aliphatic rings. The Morgan fingerprint density at radius 3 is 2.76 bits per heavy atom. The fourth-order valence-corrected chi connectivity index (χ4v) is 2.14. The van der Waals surface area contributed by atoms with Crippen LogP contribution in [0.5, 0.6) is 0 Å². The molecule has 0 bridgehead atoms. The van der Waals surface area contributed by atoms with Gasteiger partial charge in [0.25, 0.3) is 0 Å². The van der Waals surface area contributed by atoms with E-state index in [0.717, 1.165) is 25.9 Å². The quantitative estimate of drug-likeness (QED) is 0.719. The maximum atomic E-state index is 11.8. The van der Waals surface area contributed by atoms with Crippen LogP contribution in [0.25, 0.3) is 0 Å². The van der Waals surface area contributed by atoms with E-state index < -0.39 is 5.97 Å². The first kappa shape index (κ1) is 14.0. The topological polar surface area (TPSA) is 69.6 Å². The van der Waals surface area contributed by atoms with Crippen LogP contribution < -0.4 is 5.32 Å². The van der Waals surface area contributed by atoms with E-state index in [2.05, 4.69) is 10.2 Å². The third-order valence-electron chi connectivity index (χ3n) is 3.18. The Morgan fingerprint density at radius 1 is 1.53 bits per heavy atom. The van der Waals surface area contributed by atoms with Crippen LogP contribution in [0, 0.1) is 5.92 Å². The molecule has 0 aromatic carbocycles. The lowest BCUT2D eigenvalue weighted by Gasteiger charge is -2.16. The molecule has 1 rings (SSSR count). The summed E-state index contributed by atoms with van der Waals surface area (Å²) in [5.74, 6) is -0.569. The van der Waals surface area contributed by atoms with Gasteiger partial charge in [-0.2, -0.15) is 0 Å². The smallest absolute Gasteiger partial charge is 0.303 e. The van der Waals surface area contributed by atoms with Crippen LogP contribution in [-0.4, -0.2) is 48.1 Å². The van der Waals surface area contributed by atoms with E-state index in [4.69, 9.17) is 5.11 Å². The van der Waals surface area contributed by atoms with Crippen molar-refractivity contribution >= 4 is 11.9 Å². The summed E-state index contributed by atoms with van der Waals surface area (Å²) < 4.78 is 0. The zero-order valence-corrected chi connectivity index (χ0v) is 10.6. The van der Waals surface area contributed by atoms with Crippen molar-refractivity contribution in [2.24, 2.45) is 5.92 Å². The third-order valence-corrected chi connectivity index (χ3v) is 3.18. The van der Waals surface area contributed by atoms with E-state index >= 15 is 0 Å². The van der Waals surface area contributed by atoms with Gasteiger partial charge in [0.05, 0.1) is 5.92 Å². The number of hydrogen-bond donors (Lipinski definition) is 2. The van der Waals surface area contributed by atoms with E-state index in [-0.39, 0.29) is 24.3 Å². The molecular formula is C12H22N2O3. The molecule has 0 aromatic rings. The fraction of sp³-hybridized carbons (Fsp3) is 0.833. The van der Waals surface area contributed by atoms with Crippen molar-refractivity contribution in [3.8, 4) is 0 Å². The lowest BCUT2D eigenvalue weighted by atomic mass is 10.1. The predicted octanol–water partition coefficient (Wildman–Crippen LogP) is 0.698. The van der Waals surface area contributed by atoms with E-state index in [1.54, 1.807) is 0 Å². The second kappa shape index (κ2) is 6.59. The molecule has 5 nitrogen and oxygen atoms in total. The summed E-state index contributed by atoms with van der Waals surface area (Å²) in [6, 6.07) is 0.0627. The Balaban J connectivity index is 2.19. The van der Waals surface area contributed by atoms with Gasteiger partial charge in [-0.05, 0) is 39.8 Å². The van der Waals surface area contributed by atoms with E-state index in [9.17, 15) is 9.59 Å². The second-order valence-corrected chi connectivity index (χ2v) is 4.94. The molecule has 0 aliphatic carbocycles. The molecule has 1 aliphatic heterocycles. The molecule has 98 valence electrons. The number of carbonyl (C=O) groups is 2. The van der Waals surface area contributed by atoms with Crippen LogP contribution in [0.15, 0.2) is 0 Å². The summed E-state index contributed by atoms with van der Waals surface area (Å²) in [6.45, 7) is 3.73. The van der Waals surface area contributed by atoms with Crippen LogP contribution in [0.1, 0.15) is 32.6 Å². The van der Waals surface area contributed by atoms with Gasteiger partial charge in [0, 0.05) is 19.0 Å². The number of aliphatic carboxylic acids is 1. The second-order valence-electron chi connectivity index (χ2n) is 4.94. The molecule has 0 spiro atoms. The summed E-state index contributed by atoms with van der Waals surface area (Å²) in [7, 11) is 2.02. The molecule has 1 saturated heterocycles. The minimum atomic E-state index is -0.777. The molecule has 2 N–H and O–H groups in total. The van der Waals surface area contributed by atoms with Gasteiger partial charge in [0.1, 0.15) is 0 Å². The molecule has 0 aromatic heterocycles. The molecule has 0 radical (unpaired) electrons. The van der Waals surface area contributed by atoms with Gasteiger partial charge in [-0.3, -0.25) is 9.59 Å². The molecule has 17 heavy (non-hydrogen) atoms. The van der Waals surface area contributed by atoms with Crippen molar-refractivity contribution in [1.29, 1.82) is 0 Å². The lowest BCUT2D eigenvalue weighted by Crippen LogP contribution is -2.38. The molecule has 1 amide bonds. The van der Waals surface area contributed by atoms with Crippen molar-refractivity contribution < 1.29 is 14.7 Å². The first-order valence-corrected chi connectivity index (χ1v) is 6.19. The molecule has 2 atom stereocenters. The van der Waals surface area contributed by atoms with Crippen molar-refractivity contribution in [3.05, 3.63) is 0 Å². The number of rotatable bonds is 6. The number of nitrogens with one attached hydrogen (secondary N) is 1. The van der Waals surface area contributed by atoms with Gasteiger partial charge < -0.3 is 15.3 Å². The summed E-state index contributed by atoms with van der Waals surface area (Å²) in [5.41, 5.74) is 0. The van der Waals surface area contributed by atoms with Gasteiger partial charge in [0.2, 0.25) is 5.91 Å². The number of likely N-dealkylation sites (tertiary alicyclic amines) is 1. The Morgan fingerprint density at radius 2 is 2.24 bits per heavy atom. The minimum absolute atomic E-state index is 0.0627. The third kappa shape index (κ3) is 5.17. The number of nitrogens with zero attached hydrogens (tertiary/aromatic N) is 1. The molecule has 1 fully saturated rings. The first-order valence-electron chi connectivity index (χ1n) is 6.19. The van der Waals surface area contributed by atoms with Gasteiger partial charge in [-0.1, -0.05) is 0 Å². The zero-order chi connectivity index (χ0) is 12.8. The van der Waals surface area contributed by atoms with Crippen LogP contribution in [-0.2, 0) is 9.59 Å². The van der Waals surface area contributed by atoms with Crippen molar-refractivity contribution in [1.82, 2.24) is 10.2 Å². The average Bonchev–Trinajstić information content (AvgIpc) is 2.64. The molecule has 5 heteroatoms. The Hall–Kier alpha value is -1.10. The number of hydrogen-bond acceptors (Lipinski definition) is 3. The number of carboxylic acids is 1. The Kier molecular flexibility index (Phi) is 5.41. The molecule has 0 saturated carbocycles. The zero-order valence-electron chi connectivity index (χ0n) is 10.6. The van der Waals surface area contributed by atoms with Crippen molar-refractivity contribution in [2.75, 3.05) is 20.1 Å². The summed E-state index contributed by atoms with van der Waals surface area (Å²) in [4.78, 5) is 24.4. The lowest BCUT2D eigenvalue weighted by molar-refractivity contribution is -0.137. The number of carboxylic acid groups (broad SMARTS) is 1. The number of amides is 1. The van der Waals surface area contributed by atoms with Crippen molar-refractivity contribution in [3.63, 3.8) is 0 Å². The highest BCUT2D eigenvalue weighted by molar-refractivity contribution is 5.79. The molecular weight excluding hydrogens is 220 g/mol. The van der Waals surface area contributed by atoms with Crippen LogP contribution >= 0.6 is 0 Å². The molecule has 2 unspecified atom stereocenters. The number of carbonyl (C=O) groups excluding carboxylic acids is 1. The SMILES string of the molecule is CC(CCCC(=O)O)NC(=O)C1CCN(C)C1. The highest BCUT2D eigenvalue weighted by Crippen LogP contribution is 2.14. The maximum absolute atomic E-state index is 11.8. The average molecular weight is 242 g/mol. The van der Waals surface area contributed by atoms with Gasteiger partial charge in [-0.25, -0.2) is 0 Å². The standard InChI is InChI=1S/C12H22N2O3/c1-9(4-3-5-11(15)16)13-12(17)10-6-7-14(2)8-10/h9-10H,3-8H2,1-2H3,(H,13,17)(H,15,16). The predicted molar refractivity (Wildman–Crippen MR) is 64.7 cm³/mol. The van der Waals surface area contributed by atoms with Gasteiger partial charge >= 0.3 is 5.97 Å². The highest BCUT2D eigenvalue weighted by atomic mass is 16.4. The van der Waals surface area contributed by atoms with Crippen LogP contribution in [0.2, 0.25) is 0 Å². The molecule has 1 heterocycles. The Bertz CT molecular complexity index is 281. The van der Waals surface area contributed by atoms with Crippen LogP contribution in [0.3, 0.4) is 0 Å². The van der Waals surface area contributed by atoms with Gasteiger partial charge in [-0.15, -0.1) is 0 Å².